The smallest absolute Gasteiger partial charge is 0.289 e. The fourth-order valence-electron chi connectivity index (χ4n) is 2.02. The van der Waals surface area contributed by atoms with Gasteiger partial charge in [-0.1, -0.05) is 40.5 Å². The summed E-state index contributed by atoms with van der Waals surface area (Å²) in [4.78, 5) is 12.5. The van der Waals surface area contributed by atoms with Crippen molar-refractivity contribution in [1.82, 2.24) is 15.0 Å². The first-order valence-electron chi connectivity index (χ1n) is 6.52. The molecule has 0 amide bonds. The van der Waals surface area contributed by atoms with E-state index >= 15 is 0 Å². The molecule has 0 saturated heterocycles. The van der Waals surface area contributed by atoms with E-state index in [4.69, 9.17) is 27.9 Å². The summed E-state index contributed by atoms with van der Waals surface area (Å²) in [6, 6.07) is 12.0. The van der Waals surface area contributed by atoms with E-state index in [1.807, 2.05) is 12.1 Å². The summed E-state index contributed by atoms with van der Waals surface area (Å²) < 4.78 is 6.83. The van der Waals surface area contributed by atoms with E-state index in [9.17, 15) is 4.79 Å². The zero-order valence-electron chi connectivity index (χ0n) is 11.5. The van der Waals surface area contributed by atoms with E-state index in [0.717, 1.165) is 0 Å². The Morgan fingerprint density at radius 2 is 2.00 bits per heavy atom. The van der Waals surface area contributed by atoms with Crippen LogP contribution in [0, 0.1) is 0 Å². The van der Waals surface area contributed by atoms with Gasteiger partial charge in [0.1, 0.15) is 11.3 Å². The Morgan fingerprint density at radius 3 is 2.77 bits per heavy atom. The Labute approximate surface area is 136 Å². The third-order valence-electron chi connectivity index (χ3n) is 3.11. The molecule has 0 aliphatic heterocycles. The number of halogens is 2. The lowest BCUT2D eigenvalue weighted by molar-refractivity contribution is 0.0714. The summed E-state index contributed by atoms with van der Waals surface area (Å²) in [5, 5.41) is 8.67. The topological polar surface area (TPSA) is 57.0 Å². The van der Waals surface area contributed by atoms with Gasteiger partial charge in [-0.2, -0.15) is 4.68 Å². The number of para-hydroxylation sites is 1. The number of rotatable bonds is 3. The highest BCUT2D eigenvalue weighted by atomic mass is 35.5. The first-order chi connectivity index (χ1) is 10.6. The minimum atomic E-state index is -0.774. The molecule has 3 rings (SSSR count). The predicted molar refractivity (Wildman–Crippen MR) is 84.7 cm³/mol. The van der Waals surface area contributed by atoms with Crippen LogP contribution in [-0.2, 0) is 0 Å². The number of carbonyl (C=O) groups excluding carboxylic acids is 1. The van der Waals surface area contributed by atoms with Gasteiger partial charge < -0.3 is 4.74 Å². The lowest BCUT2D eigenvalue weighted by Crippen LogP contribution is -2.30. The van der Waals surface area contributed by atoms with Gasteiger partial charge in [0.2, 0.25) is 0 Å². The number of hydrogen-bond acceptors (Lipinski definition) is 4. The lowest BCUT2D eigenvalue weighted by atomic mass is 10.3. The second-order valence-electron chi connectivity index (χ2n) is 4.66. The third-order valence-corrected chi connectivity index (χ3v) is 3.64. The van der Waals surface area contributed by atoms with Crippen molar-refractivity contribution in [2.45, 2.75) is 13.0 Å². The van der Waals surface area contributed by atoms with Crippen LogP contribution >= 0.6 is 23.2 Å². The summed E-state index contributed by atoms with van der Waals surface area (Å²) in [6.45, 7) is 1.63. The van der Waals surface area contributed by atoms with Gasteiger partial charge >= 0.3 is 0 Å². The van der Waals surface area contributed by atoms with Gasteiger partial charge in [-0.3, -0.25) is 4.79 Å². The molecule has 0 unspecified atom stereocenters. The minimum Gasteiger partial charge on any atom is -0.479 e. The van der Waals surface area contributed by atoms with Crippen LogP contribution in [0.25, 0.3) is 11.0 Å². The molecule has 1 aromatic heterocycles. The maximum absolute atomic E-state index is 12.5. The first-order valence-corrected chi connectivity index (χ1v) is 7.28. The molecule has 0 aliphatic carbocycles. The highest BCUT2D eigenvalue weighted by Gasteiger charge is 2.21. The third kappa shape index (κ3) is 2.77. The van der Waals surface area contributed by atoms with E-state index in [-0.39, 0.29) is 5.91 Å². The second kappa shape index (κ2) is 5.94. The van der Waals surface area contributed by atoms with Crippen molar-refractivity contribution in [3.8, 4) is 5.75 Å². The van der Waals surface area contributed by atoms with Gasteiger partial charge in [0.05, 0.1) is 10.5 Å². The molecule has 1 atom stereocenters. The molecule has 0 radical (unpaired) electrons. The Bertz CT molecular complexity index is 848. The van der Waals surface area contributed by atoms with Crippen molar-refractivity contribution in [2.24, 2.45) is 0 Å². The number of nitrogens with zero attached hydrogens (tertiary/aromatic N) is 3. The summed E-state index contributed by atoms with van der Waals surface area (Å²) in [6.07, 6.45) is -0.774. The Morgan fingerprint density at radius 1 is 1.23 bits per heavy atom. The van der Waals surface area contributed by atoms with Gasteiger partial charge in [0.25, 0.3) is 5.91 Å². The SMILES string of the molecule is C[C@@H](Oc1ccc(Cl)cc1Cl)C(=O)n1nnc2ccccc21. The second-order valence-corrected chi connectivity index (χ2v) is 5.51. The highest BCUT2D eigenvalue weighted by molar-refractivity contribution is 6.35. The molecule has 2 aromatic carbocycles. The average Bonchev–Trinajstić information content (AvgIpc) is 2.93. The van der Waals surface area contributed by atoms with E-state index in [1.54, 1.807) is 37.3 Å². The molecule has 112 valence electrons. The van der Waals surface area contributed by atoms with Gasteiger partial charge in [0, 0.05) is 5.02 Å². The van der Waals surface area contributed by atoms with E-state index in [2.05, 4.69) is 10.3 Å². The van der Waals surface area contributed by atoms with Crippen LogP contribution in [0.2, 0.25) is 10.0 Å². The van der Waals surface area contributed by atoms with Crippen LogP contribution in [0.15, 0.2) is 42.5 Å². The number of aromatic nitrogens is 3. The molecular formula is C15H11Cl2N3O2. The van der Waals surface area contributed by atoms with Crippen LogP contribution < -0.4 is 4.74 Å². The normalized spacial score (nSPS) is 12.3. The fourth-order valence-corrected chi connectivity index (χ4v) is 2.47. The molecule has 0 spiro atoms. The number of hydrogen-bond donors (Lipinski definition) is 0. The first kappa shape index (κ1) is 14.8. The Kier molecular flexibility index (Phi) is 4.00. The van der Waals surface area contributed by atoms with Crippen molar-refractivity contribution in [1.29, 1.82) is 0 Å². The van der Waals surface area contributed by atoms with Crippen LogP contribution in [0.3, 0.4) is 0 Å². The number of benzene rings is 2. The summed E-state index contributed by atoms with van der Waals surface area (Å²) in [5.41, 5.74) is 1.28. The summed E-state index contributed by atoms with van der Waals surface area (Å²) in [5.74, 6) is 0.0519. The van der Waals surface area contributed by atoms with Gasteiger partial charge in [-0.05, 0) is 37.3 Å². The van der Waals surface area contributed by atoms with Crippen molar-refractivity contribution in [3.63, 3.8) is 0 Å². The standard InChI is InChI=1S/C15H11Cl2N3O2/c1-9(22-14-7-6-10(16)8-11(14)17)15(21)20-13-5-3-2-4-12(13)18-19-20/h2-9H,1H3/t9-/m1/s1. The van der Waals surface area contributed by atoms with Crippen molar-refractivity contribution < 1.29 is 9.53 Å². The van der Waals surface area contributed by atoms with Crippen molar-refractivity contribution in [2.75, 3.05) is 0 Å². The van der Waals surface area contributed by atoms with Gasteiger partial charge in [0.15, 0.2) is 6.10 Å². The molecular weight excluding hydrogens is 325 g/mol. The summed E-state index contributed by atoms with van der Waals surface area (Å²) in [7, 11) is 0. The van der Waals surface area contributed by atoms with Crippen molar-refractivity contribution >= 4 is 40.1 Å². The molecule has 5 nitrogen and oxygen atoms in total. The molecule has 0 aliphatic rings. The summed E-state index contributed by atoms with van der Waals surface area (Å²) >= 11 is 11.9. The van der Waals surface area contributed by atoms with Crippen molar-refractivity contribution in [3.05, 3.63) is 52.5 Å². The number of fused-ring (bicyclic) bond motifs is 1. The molecule has 1 heterocycles. The maximum Gasteiger partial charge on any atom is 0.289 e. The monoisotopic (exact) mass is 335 g/mol. The minimum absolute atomic E-state index is 0.334. The highest BCUT2D eigenvalue weighted by Crippen LogP contribution is 2.28. The Hall–Kier alpha value is -2.11. The van der Waals surface area contributed by atoms with E-state index in [0.29, 0.717) is 26.8 Å². The number of carbonyl (C=O) groups is 1. The Balaban J connectivity index is 1.85. The predicted octanol–water partition coefficient (Wildman–Crippen LogP) is 3.85. The van der Waals surface area contributed by atoms with Crippen LogP contribution in [0.5, 0.6) is 5.75 Å². The fraction of sp³-hybridized carbons (Fsp3) is 0.133. The van der Waals surface area contributed by atoms with Crippen LogP contribution in [-0.4, -0.2) is 27.0 Å². The number of ether oxygens (including phenoxy) is 1. The van der Waals surface area contributed by atoms with E-state index in [1.165, 1.54) is 4.68 Å². The molecule has 22 heavy (non-hydrogen) atoms. The molecule has 0 bridgehead atoms. The zero-order chi connectivity index (χ0) is 15.7. The molecule has 7 heteroatoms. The van der Waals surface area contributed by atoms with Gasteiger partial charge in [-0.25, -0.2) is 0 Å². The quantitative estimate of drug-likeness (QED) is 0.729. The van der Waals surface area contributed by atoms with E-state index < -0.39 is 6.10 Å². The van der Waals surface area contributed by atoms with Gasteiger partial charge in [-0.15, -0.1) is 5.10 Å². The molecule has 0 fully saturated rings. The largest absolute Gasteiger partial charge is 0.479 e. The average molecular weight is 336 g/mol. The maximum atomic E-state index is 12.5. The molecule has 3 aromatic rings. The van der Waals surface area contributed by atoms with Crippen LogP contribution in [0.4, 0.5) is 0 Å². The zero-order valence-corrected chi connectivity index (χ0v) is 13.0. The molecule has 0 N–H and O–H groups in total. The molecule has 0 saturated carbocycles. The lowest BCUT2D eigenvalue weighted by Gasteiger charge is -2.14. The van der Waals surface area contributed by atoms with Crippen LogP contribution in [0.1, 0.15) is 11.7 Å².